The third kappa shape index (κ3) is 18.0. The van der Waals surface area contributed by atoms with Crippen molar-refractivity contribution < 1.29 is 4.74 Å². The van der Waals surface area contributed by atoms with E-state index >= 15 is 0 Å². The van der Waals surface area contributed by atoms with Crippen molar-refractivity contribution in [1.29, 1.82) is 0 Å². The molecule has 0 saturated heterocycles. The highest BCUT2D eigenvalue weighted by atomic mass is 16.5. The van der Waals surface area contributed by atoms with Crippen LogP contribution in [0, 0.1) is 11.3 Å². The van der Waals surface area contributed by atoms with Crippen molar-refractivity contribution in [3.8, 4) is 0 Å². The van der Waals surface area contributed by atoms with E-state index in [1.165, 1.54) is 77.0 Å². The smallest absolute Gasteiger partial charge is 0.0468 e. The molecule has 1 heteroatoms. The number of hydrogen-bond donors (Lipinski definition) is 0. The molecule has 1 unspecified atom stereocenters. The molecule has 134 valence electrons. The standard InChI is InChI=1S/C21H44O/c1-6-7-8-9-10-11-12-13-14-15-17-22-18-16-20(2)19-21(3,4)5/h20H,6-19H2,1-5H3. The Morgan fingerprint density at radius 2 is 1.23 bits per heavy atom. The van der Waals surface area contributed by atoms with Gasteiger partial charge in [-0.05, 0) is 30.6 Å². The van der Waals surface area contributed by atoms with Crippen LogP contribution in [0.1, 0.15) is 112 Å². The monoisotopic (exact) mass is 312 g/mol. The molecule has 0 aliphatic rings. The molecule has 0 fully saturated rings. The molecule has 0 aliphatic carbocycles. The third-order valence-electron chi connectivity index (χ3n) is 4.36. The molecule has 1 nitrogen and oxygen atoms in total. The van der Waals surface area contributed by atoms with Crippen LogP contribution in [-0.4, -0.2) is 13.2 Å². The van der Waals surface area contributed by atoms with Gasteiger partial charge in [0.2, 0.25) is 0 Å². The Kier molecular flexibility index (Phi) is 14.5. The largest absolute Gasteiger partial charge is 0.381 e. The zero-order valence-electron chi connectivity index (χ0n) is 16.4. The van der Waals surface area contributed by atoms with E-state index in [0.717, 1.165) is 19.1 Å². The van der Waals surface area contributed by atoms with Crippen LogP contribution in [0.25, 0.3) is 0 Å². The average molecular weight is 313 g/mol. The molecule has 0 aromatic heterocycles. The minimum atomic E-state index is 0.454. The first-order valence-corrected chi connectivity index (χ1v) is 10.0. The van der Waals surface area contributed by atoms with E-state index in [1.54, 1.807) is 0 Å². The van der Waals surface area contributed by atoms with E-state index in [0.29, 0.717) is 5.41 Å². The van der Waals surface area contributed by atoms with E-state index in [4.69, 9.17) is 4.74 Å². The summed E-state index contributed by atoms with van der Waals surface area (Å²) in [6.07, 6.45) is 16.5. The maximum absolute atomic E-state index is 5.79. The van der Waals surface area contributed by atoms with Crippen molar-refractivity contribution in [3.63, 3.8) is 0 Å². The van der Waals surface area contributed by atoms with Crippen molar-refractivity contribution in [2.45, 2.75) is 112 Å². The second-order valence-corrected chi connectivity index (χ2v) is 8.45. The van der Waals surface area contributed by atoms with Gasteiger partial charge in [0.05, 0.1) is 0 Å². The Morgan fingerprint density at radius 1 is 0.727 bits per heavy atom. The molecule has 0 heterocycles. The first-order valence-electron chi connectivity index (χ1n) is 10.0. The zero-order valence-corrected chi connectivity index (χ0v) is 16.4. The van der Waals surface area contributed by atoms with Gasteiger partial charge in [0.25, 0.3) is 0 Å². The quantitative estimate of drug-likeness (QED) is 0.286. The van der Waals surface area contributed by atoms with Crippen LogP contribution in [0.15, 0.2) is 0 Å². The molecule has 0 spiro atoms. The molecule has 0 aliphatic heterocycles. The molecular formula is C21H44O. The molecule has 22 heavy (non-hydrogen) atoms. The van der Waals surface area contributed by atoms with Gasteiger partial charge in [-0.25, -0.2) is 0 Å². The molecule has 0 saturated carbocycles. The fraction of sp³-hybridized carbons (Fsp3) is 1.00. The lowest BCUT2D eigenvalue weighted by Crippen LogP contribution is -2.12. The maximum Gasteiger partial charge on any atom is 0.0468 e. The highest BCUT2D eigenvalue weighted by molar-refractivity contribution is 4.66. The van der Waals surface area contributed by atoms with Gasteiger partial charge in [-0.3, -0.25) is 0 Å². The number of hydrogen-bond acceptors (Lipinski definition) is 1. The molecule has 1 atom stereocenters. The normalized spacial score (nSPS) is 13.5. The number of unbranched alkanes of at least 4 members (excludes halogenated alkanes) is 9. The highest BCUT2D eigenvalue weighted by Crippen LogP contribution is 2.25. The summed E-state index contributed by atoms with van der Waals surface area (Å²) in [6.45, 7) is 13.5. The number of rotatable bonds is 15. The summed E-state index contributed by atoms with van der Waals surface area (Å²) >= 11 is 0. The molecule has 0 rings (SSSR count). The van der Waals surface area contributed by atoms with Crippen LogP contribution in [0.2, 0.25) is 0 Å². The summed E-state index contributed by atoms with van der Waals surface area (Å²) in [5.41, 5.74) is 0.454. The summed E-state index contributed by atoms with van der Waals surface area (Å²) in [7, 11) is 0. The van der Waals surface area contributed by atoms with E-state index in [2.05, 4.69) is 34.6 Å². The summed E-state index contributed by atoms with van der Waals surface area (Å²) in [5.74, 6) is 0.785. The average Bonchev–Trinajstić information content (AvgIpc) is 2.42. The Hall–Kier alpha value is -0.0400. The van der Waals surface area contributed by atoms with Gasteiger partial charge in [0.1, 0.15) is 0 Å². The van der Waals surface area contributed by atoms with Gasteiger partial charge in [0, 0.05) is 13.2 Å². The predicted molar refractivity (Wildman–Crippen MR) is 101 cm³/mol. The SMILES string of the molecule is CCCCCCCCCCCCOCCC(C)CC(C)(C)C. The lowest BCUT2D eigenvalue weighted by atomic mass is 9.84. The fourth-order valence-corrected chi connectivity index (χ4v) is 3.23. The van der Waals surface area contributed by atoms with Crippen LogP contribution < -0.4 is 0 Å². The van der Waals surface area contributed by atoms with Gasteiger partial charge < -0.3 is 4.74 Å². The topological polar surface area (TPSA) is 9.23 Å². The van der Waals surface area contributed by atoms with Crippen LogP contribution in [0.5, 0.6) is 0 Å². The Balaban J connectivity index is 3.14. The third-order valence-corrected chi connectivity index (χ3v) is 4.36. The molecule has 0 aromatic rings. The van der Waals surface area contributed by atoms with Crippen molar-refractivity contribution in [3.05, 3.63) is 0 Å². The van der Waals surface area contributed by atoms with Crippen molar-refractivity contribution >= 4 is 0 Å². The first-order chi connectivity index (χ1) is 10.5. The summed E-state index contributed by atoms with van der Waals surface area (Å²) < 4.78 is 5.79. The van der Waals surface area contributed by atoms with Gasteiger partial charge in [-0.2, -0.15) is 0 Å². The molecule has 0 aromatic carbocycles. The zero-order chi connectivity index (χ0) is 16.7. The first kappa shape index (κ1) is 22.0. The molecule has 0 bridgehead atoms. The Bertz CT molecular complexity index is 216. The summed E-state index contributed by atoms with van der Waals surface area (Å²) in [5, 5.41) is 0. The lowest BCUT2D eigenvalue weighted by Gasteiger charge is -2.23. The molecule has 0 radical (unpaired) electrons. The van der Waals surface area contributed by atoms with Crippen LogP contribution in [-0.2, 0) is 4.74 Å². The van der Waals surface area contributed by atoms with E-state index in [-0.39, 0.29) is 0 Å². The summed E-state index contributed by atoms with van der Waals surface area (Å²) in [4.78, 5) is 0. The van der Waals surface area contributed by atoms with Crippen LogP contribution in [0.4, 0.5) is 0 Å². The van der Waals surface area contributed by atoms with Gasteiger partial charge in [0.15, 0.2) is 0 Å². The van der Waals surface area contributed by atoms with Crippen LogP contribution in [0.3, 0.4) is 0 Å². The van der Waals surface area contributed by atoms with Gasteiger partial charge >= 0.3 is 0 Å². The second kappa shape index (κ2) is 14.5. The van der Waals surface area contributed by atoms with E-state index in [1.807, 2.05) is 0 Å². The highest BCUT2D eigenvalue weighted by Gasteiger charge is 2.14. The molecular weight excluding hydrogens is 268 g/mol. The summed E-state index contributed by atoms with van der Waals surface area (Å²) in [6, 6.07) is 0. The van der Waals surface area contributed by atoms with Crippen molar-refractivity contribution in [2.24, 2.45) is 11.3 Å². The number of ether oxygens (including phenoxy) is 1. The minimum absolute atomic E-state index is 0.454. The minimum Gasteiger partial charge on any atom is -0.381 e. The maximum atomic E-state index is 5.79. The molecule has 0 N–H and O–H groups in total. The predicted octanol–water partition coefficient (Wildman–Crippen LogP) is 7.39. The van der Waals surface area contributed by atoms with Crippen LogP contribution >= 0.6 is 0 Å². The van der Waals surface area contributed by atoms with E-state index in [9.17, 15) is 0 Å². The van der Waals surface area contributed by atoms with Gasteiger partial charge in [-0.15, -0.1) is 0 Å². The van der Waals surface area contributed by atoms with Crippen molar-refractivity contribution in [1.82, 2.24) is 0 Å². The Morgan fingerprint density at radius 3 is 1.73 bits per heavy atom. The molecule has 0 amide bonds. The Labute approximate surface area is 141 Å². The van der Waals surface area contributed by atoms with Gasteiger partial charge in [-0.1, -0.05) is 92.4 Å². The lowest BCUT2D eigenvalue weighted by molar-refractivity contribution is 0.112. The second-order valence-electron chi connectivity index (χ2n) is 8.45. The van der Waals surface area contributed by atoms with E-state index < -0.39 is 0 Å². The fourth-order valence-electron chi connectivity index (χ4n) is 3.23. The van der Waals surface area contributed by atoms with Crippen molar-refractivity contribution in [2.75, 3.05) is 13.2 Å².